The van der Waals surface area contributed by atoms with Crippen molar-refractivity contribution in [3.05, 3.63) is 58.6 Å². The first kappa shape index (κ1) is 19.6. The average molecular weight is 425 g/mol. The lowest BCUT2D eigenvalue weighted by Crippen LogP contribution is -2.27. The van der Waals surface area contributed by atoms with Crippen LogP contribution in [-0.2, 0) is 14.8 Å². The van der Waals surface area contributed by atoms with E-state index in [0.29, 0.717) is 16.1 Å². The van der Waals surface area contributed by atoms with Crippen molar-refractivity contribution in [2.24, 2.45) is 0 Å². The fraction of sp³-hybridized carbons (Fsp3) is 0.278. The van der Waals surface area contributed by atoms with Crippen molar-refractivity contribution < 1.29 is 13.2 Å². The number of carbonyl (C=O) groups excluding carboxylic acids is 1. The second-order valence-corrected chi connectivity index (χ2v) is 8.61. The van der Waals surface area contributed by atoms with Crippen LogP contribution in [0, 0.1) is 0 Å². The summed E-state index contributed by atoms with van der Waals surface area (Å²) in [5, 5.41) is 2.76. The fourth-order valence-electron chi connectivity index (χ4n) is 2.19. The molecule has 0 atom stereocenters. The van der Waals surface area contributed by atoms with Gasteiger partial charge in [-0.3, -0.25) is 4.79 Å². The summed E-state index contributed by atoms with van der Waals surface area (Å²) in [6.07, 6.45) is 0.0547. The van der Waals surface area contributed by atoms with E-state index in [1.807, 2.05) is 24.3 Å². The number of anilines is 1. The van der Waals surface area contributed by atoms with Crippen LogP contribution >= 0.6 is 15.9 Å². The fourth-order valence-corrected chi connectivity index (χ4v) is 3.82. The summed E-state index contributed by atoms with van der Waals surface area (Å²) >= 11 is 3.24. The van der Waals surface area contributed by atoms with Crippen LogP contribution < -0.4 is 10.0 Å². The summed E-state index contributed by atoms with van der Waals surface area (Å²) in [4.78, 5) is 12.1. The van der Waals surface area contributed by atoms with Crippen molar-refractivity contribution in [3.8, 4) is 0 Å². The summed E-state index contributed by atoms with van der Waals surface area (Å²) in [5.74, 6) is 0.187. The Balaban J connectivity index is 1.85. The van der Waals surface area contributed by atoms with E-state index in [9.17, 15) is 13.2 Å². The number of halogens is 1. The molecular formula is C18H21BrN2O3S. The minimum absolute atomic E-state index is 0.0325. The Morgan fingerprint density at radius 3 is 2.40 bits per heavy atom. The molecule has 2 aromatic carbocycles. The average Bonchev–Trinajstić information content (AvgIpc) is 2.55. The molecule has 2 aromatic rings. The normalized spacial score (nSPS) is 11.5. The summed E-state index contributed by atoms with van der Waals surface area (Å²) in [6.45, 7) is 4.24. The molecule has 7 heteroatoms. The monoisotopic (exact) mass is 424 g/mol. The number of nitrogens with one attached hydrogen (secondary N) is 2. The van der Waals surface area contributed by atoms with Gasteiger partial charge in [0.25, 0.3) is 0 Å². The molecule has 0 bridgehead atoms. The number of hydrogen-bond acceptors (Lipinski definition) is 3. The third kappa shape index (κ3) is 5.95. The van der Waals surface area contributed by atoms with Crippen LogP contribution in [-0.4, -0.2) is 20.9 Å². The molecule has 0 fully saturated rings. The quantitative estimate of drug-likeness (QED) is 0.707. The molecule has 1 amide bonds. The maximum atomic E-state index is 12.2. The highest BCUT2D eigenvalue weighted by molar-refractivity contribution is 9.10. The Kier molecular flexibility index (Phi) is 6.75. The van der Waals surface area contributed by atoms with Crippen LogP contribution in [0.25, 0.3) is 0 Å². The van der Waals surface area contributed by atoms with Crippen molar-refractivity contribution >= 4 is 37.5 Å². The zero-order valence-electron chi connectivity index (χ0n) is 14.1. The standard InChI is InChI=1S/C18H21BrN2O3S/c1-13(2)14-6-8-16(9-7-14)21-18(22)10-11-20-25(23,24)17-5-3-4-15(19)12-17/h3-9,12-13,20H,10-11H2,1-2H3,(H,21,22). The zero-order chi connectivity index (χ0) is 18.4. The molecule has 0 aliphatic rings. The van der Waals surface area contributed by atoms with Crippen molar-refractivity contribution in [1.29, 1.82) is 0 Å². The van der Waals surface area contributed by atoms with Gasteiger partial charge >= 0.3 is 0 Å². The second-order valence-electron chi connectivity index (χ2n) is 5.93. The van der Waals surface area contributed by atoms with Crippen molar-refractivity contribution in [3.63, 3.8) is 0 Å². The Labute approximate surface area is 157 Å². The lowest BCUT2D eigenvalue weighted by atomic mass is 10.0. The van der Waals surface area contributed by atoms with Crippen LogP contribution in [0.5, 0.6) is 0 Å². The Morgan fingerprint density at radius 2 is 1.80 bits per heavy atom. The van der Waals surface area contributed by atoms with Crippen molar-refractivity contribution in [2.45, 2.75) is 31.1 Å². The Hall–Kier alpha value is -1.70. The number of benzene rings is 2. The number of amides is 1. The van der Waals surface area contributed by atoms with Gasteiger partial charge in [-0.2, -0.15) is 0 Å². The third-order valence-electron chi connectivity index (χ3n) is 3.61. The van der Waals surface area contributed by atoms with Gasteiger partial charge in [0.15, 0.2) is 0 Å². The predicted molar refractivity (Wildman–Crippen MR) is 103 cm³/mol. The molecule has 0 saturated carbocycles. The topological polar surface area (TPSA) is 75.3 Å². The van der Waals surface area contributed by atoms with Gasteiger partial charge in [0.1, 0.15) is 0 Å². The number of sulfonamides is 1. The molecule has 0 heterocycles. The first-order valence-corrected chi connectivity index (χ1v) is 10.2. The third-order valence-corrected chi connectivity index (χ3v) is 5.56. The van der Waals surface area contributed by atoms with Gasteiger partial charge in [0.2, 0.25) is 15.9 Å². The minimum Gasteiger partial charge on any atom is -0.326 e. The summed E-state index contributed by atoms with van der Waals surface area (Å²) < 4.78 is 27.4. The number of carbonyl (C=O) groups is 1. The molecule has 5 nitrogen and oxygen atoms in total. The van der Waals surface area contributed by atoms with Crippen LogP contribution in [0.1, 0.15) is 31.7 Å². The Morgan fingerprint density at radius 1 is 1.12 bits per heavy atom. The van der Waals surface area contributed by atoms with E-state index in [2.05, 4.69) is 39.8 Å². The van der Waals surface area contributed by atoms with Gasteiger partial charge in [-0.25, -0.2) is 13.1 Å². The highest BCUT2D eigenvalue weighted by Gasteiger charge is 2.14. The highest BCUT2D eigenvalue weighted by atomic mass is 79.9. The number of hydrogen-bond donors (Lipinski definition) is 2. The molecule has 0 aromatic heterocycles. The maximum absolute atomic E-state index is 12.2. The van der Waals surface area contributed by atoms with E-state index in [-0.39, 0.29) is 23.8 Å². The van der Waals surface area contributed by atoms with Crippen molar-refractivity contribution in [1.82, 2.24) is 4.72 Å². The van der Waals surface area contributed by atoms with E-state index in [1.165, 1.54) is 17.7 Å². The largest absolute Gasteiger partial charge is 0.326 e. The molecule has 0 aliphatic heterocycles. The lowest BCUT2D eigenvalue weighted by Gasteiger charge is -2.09. The van der Waals surface area contributed by atoms with Gasteiger partial charge in [-0.15, -0.1) is 0 Å². The second kappa shape index (κ2) is 8.60. The molecule has 0 saturated heterocycles. The molecule has 0 spiro atoms. The lowest BCUT2D eigenvalue weighted by molar-refractivity contribution is -0.116. The molecule has 25 heavy (non-hydrogen) atoms. The molecule has 0 radical (unpaired) electrons. The first-order chi connectivity index (χ1) is 11.8. The molecule has 2 rings (SSSR count). The number of rotatable bonds is 7. The van der Waals surface area contributed by atoms with Gasteiger partial charge in [0.05, 0.1) is 4.90 Å². The molecule has 134 valence electrons. The van der Waals surface area contributed by atoms with Crippen LogP contribution in [0.4, 0.5) is 5.69 Å². The Bertz CT molecular complexity index is 834. The van der Waals surface area contributed by atoms with Gasteiger partial charge < -0.3 is 5.32 Å². The molecular weight excluding hydrogens is 404 g/mol. The summed E-state index contributed by atoms with van der Waals surface area (Å²) in [7, 11) is -3.63. The predicted octanol–water partition coefficient (Wildman–Crippen LogP) is 3.88. The molecule has 2 N–H and O–H groups in total. The van der Waals surface area contributed by atoms with Crippen LogP contribution in [0.2, 0.25) is 0 Å². The van der Waals surface area contributed by atoms with E-state index in [1.54, 1.807) is 12.1 Å². The van der Waals surface area contributed by atoms with Crippen molar-refractivity contribution in [2.75, 3.05) is 11.9 Å². The van der Waals surface area contributed by atoms with Gasteiger partial charge in [-0.1, -0.05) is 48.0 Å². The molecule has 0 unspecified atom stereocenters. The van der Waals surface area contributed by atoms with Gasteiger partial charge in [-0.05, 0) is 41.8 Å². The summed E-state index contributed by atoms with van der Waals surface area (Å²) in [5.41, 5.74) is 1.89. The van der Waals surface area contributed by atoms with E-state index >= 15 is 0 Å². The van der Waals surface area contributed by atoms with E-state index in [4.69, 9.17) is 0 Å². The smallest absolute Gasteiger partial charge is 0.240 e. The maximum Gasteiger partial charge on any atom is 0.240 e. The van der Waals surface area contributed by atoms with E-state index in [0.717, 1.165) is 0 Å². The van der Waals surface area contributed by atoms with Gasteiger partial charge in [0, 0.05) is 23.1 Å². The van der Waals surface area contributed by atoms with E-state index < -0.39 is 10.0 Å². The highest BCUT2D eigenvalue weighted by Crippen LogP contribution is 2.17. The SMILES string of the molecule is CC(C)c1ccc(NC(=O)CCNS(=O)(=O)c2cccc(Br)c2)cc1. The first-order valence-electron chi connectivity index (χ1n) is 7.93. The minimum atomic E-state index is -3.63. The zero-order valence-corrected chi connectivity index (χ0v) is 16.5. The summed E-state index contributed by atoms with van der Waals surface area (Å²) in [6, 6.07) is 14.0. The van der Waals surface area contributed by atoms with Crippen LogP contribution in [0.3, 0.4) is 0 Å². The molecule has 0 aliphatic carbocycles. The van der Waals surface area contributed by atoms with Crippen LogP contribution in [0.15, 0.2) is 57.9 Å².